The molecular formula is C13H20ClN3O2. The summed E-state index contributed by atoms with van der Waals surface area (Å²) in [5.41, 5.74) is 7.06. The molecule has 5 nitrogen and oxygen atoms in total. The van der Waals surface area contributed by atoms with Crippen LogP contribution in [0.1, 0.15) is 17.9 Å². The average Bonchev–Trinajstić information content (AvgIpc) is 2.39. The number of benzene rings is 1. The molecule has 0 saturated heterocycles. The van der Waals surface area contributed by atoms with Gasteiger partial charge in [0.1, 0.15) is 0 Å². The molecule has 6 heteroatoms. The van der Waals surface area contributed by atoms with Gasteiger partial charge in [-0.25, -0.2) is 0 Å². The number of anilines is 1. The number of rotatable bonds is 7. The summed E-state index contributed by atoms with van der Waals surface area (Å²) in [6.45, 7) is -0.0829. The first-order valence-corrected chi connectivity index (χ1v) is 6.45. The predicted molar refractivity (Wildman–Crippen MR) is 77.5 cm³/mol. The van der Waals surface area contributed by atoms with Crippen LogP contribution in [0.2, 0.25) is 5.02 Å². The summed E-state index contributed by atoms with van der Waals surface area (Å²) in [6.07, 6.45) is 0.414. The fourth-order valence-electron chi connectivity index (χ4n) is 2.06. The Morgan fingerprint density at radius 2 is 2.16 bits per heavy atom. The number of amides is 1. The molecule has 0 heterocycles. The number of likely N-dealkylation sites (N-methyl/N-ethyl adjacent to an activating group) is 1. The van der Waals surface area contributed by atoms with Crippen LogP contribution in [0.15, 0.2) is 18.2 Å². The molecule has 0 aromatic heterocycles. The maximum atomic E-state index is 11.3. The maximum Gasteiger partial charge on any atom is 0.234 e. The zero-order valence-electron chi connectivity index (χ0n) is 11.1. The summed E-state index contributed by atoms with van der Waals surface area (Å²) >= 11 is 5.99. The van der Waals surface area contributed by atoms with Crippen molar-refractivity contribution in [2.24, 2.45) is 5.73 Å². The number of nitrogens with one attached hydrogen (secondary N) is 2. The van der Waals surface area contributed by atoms with Gasteiger partial charge >= 0.3 is 0 Å². The molecule has 2 atom stereocenters. The van der Waals surface area contributed by atoms with E-state index in [1.807, 2.05) is 6.07 Å². The molecule has 106 valence electrons. The highest BCUT2D eigenvalue weighted by atomic mass is 35.5. The monoisotopic (exact) mass is 285 g/mol. The van der Waals surface area contributed by atoms with Gasteiger partial charge in [0.15, 0.2) is 0 Å². The van der Waals surface area contributed by atoms with Crippen LogP contribution < -0.4 is 16.4 Å². The zero-order chi connectivity index (χ0) is 14.4. The molecule has 19 heavy (non-hydrogen) atoms. The lowest BCUT2D eigenvalue weighted by Crippen LogP contribution is -2.40. The zero-order valence-corrected chi connectivity index (χ0v) is 11.9. The predicted octanol–water partition coefficient (Wildman–Crippen LogP) is 0.921. The van der Waals surface area contributed by atoms with Gasteiger partial charge in [0.2, 0.25) is 5.91 Å². The average molecular weight is 286 g/mol. The van der Waals surface area contributed by atoms with E-state index in [2.05, 4.69) is 10.6 Å². The Morgan fingerprint density at radius 1 is 1.47 bits per heavy atom. The van der Waals surface area contributed by atoms with Crippen molar-refractivity contribution >= 4 is 23.2 Å². The Kier molecular flexibility index (Phi) is 6.08. The molecule has 1 rings (SSSR count). The first-order valence-electron chi connectivity index (χ1n) is 6.08. The van der Waals surface area contributed by atoms with Crippen LogP contribution in [0.4, 0.5) is 5.69 Å². The fourth-order valence-corrected chi connectivity index (χ4v) is 2.24. The Labute approximate surface area is 118 Å². The lowest BCUT2D eigenvalue weighted by Gasteiger charge is -2.22. The van der Waals surface area contributed by atoms with Crippen molar-refractivity contribution in [1.82, 2.24) is 5.32 Å². The quantitative estimate of drug-likeness (QED) is 0.600. The van der Waals surface area contributed by atoms with Crippen LogP contribution in [-0.2, 0) is 4.79 Å². The van der Waals surface area contributed by atoms with Gasteiger partial charge in [0.25, 0.3) is 0 Å². The van der Waals surface area contributed by atoms with Gasteiger partial charge in [0, 0.05) is 23.7 Å². The summed E-state index contributed by atoms with van der Waals surface area (Å²) < 4.78 is 0. The summed E-state index contributed by atoms with van der Waals surface area (Å²) in [5, 5.41) is 16.1. The molecule has 2 unspecified atom stereocenters. The molecule has 0 spiro atoms. The maximum absolute atomic E-state index is 11.3. The third kappa shape index (κ3) is 4.09. The number of carbonyl (C=O) groups excluding carboxylic acids is 1. The molecule has 0 aliphatic heterocycles. The number of primary amides is 1. The highest BCUT2D eigenvalue weighted by Gasteiger charge is 2.22. The van der Waals surface area contributed by atoms with E-state index in [-0.39, 0.29) is 12.5 Å². The number of halogens is 1. The first kappa shape index (κ1) is 15.8. The molecule has 0 saturated carbocycles. The van der Waals surface area contributed by atoms with Crippen LogP contribution in [-0.4, -0.2) is 37.8 Å². The Morgan fingerprint density at radius 3 is 2.63 bits per heavy atom. The van der Waals surface area contributed by atoms with Gasteiger partial charge < -0.3 is 21.5 Å². The standard InChI is InChI=1S/C13H20ClN3O2/c1-16-11-4-3-9(14)6-10(11)8(7-18)5-12(17-2)13(15)19/h3-4,6,8,12,16-18H,5,7H2,1-2H3,(H2,15,19). The van der Waals surface area contributed by atoms with E-state index in [9.17, 15) is 9.90 Å². The van der Waals surface area contributed by atoms with E-state index in [1.165, 1.54) is 0 Å². The number of carbonyl (C=O) groups is 1. The van der Waals surface area contributed by atoms with Crippen molar-refractivity contribution in [1.29, 1.82) is 0 Å². The molecular weight excluding hydrogens is 266 g/mol. The molecule has 0 fully saturated rings. The van der Waals surface area contributed by atoms with E-state index in [1.54, 1.807) is 26.2 Å². The Balaban J connectivity index is 3.02. The second-order valence-corrected chi connectivity index (χ2v) is 4.78. The molecule has 1 amide bonds. The summed E-state index contributed by atoms with van der Waals surface area (Å²) in [6, 6.07) is 4.93. The number of aliphatic hydroxyl groups excluding tert-OH is 1. The Bertz CT molecular complexity index is 440. The SMILES string of the molecule is CNc1ccc(Cl)cc1C(CO)CC(NC)C(N)=O. The van der Waals surface area contributed by atoms with Crippen molar-refractivity contribution in [2.75, 3.05) is 26.0 Å². The van der Waals surface area contributed by atoms with Gasteiger partial charge in [-0.3, -0.25) is 4.79 Å². The van der Waals surface area contributed by atoms with E-state index >= 15 is 0 Å². The summed E-state index contributed by atoms with van der Waals surface area (Å²) in [5.74, 6) is -0.653. The van der Waals surface area contributed by atoms with E-state index in [4.69, 9.17) is 17.3 Å². The minimum Gasteiger partial charge on any atom is -0.396 e. The van der Waals surface area contributed by atoms with Crippen LogP contribution >= 0.6 is 11.6 Å². The highest BCUT2D eigenvalue weighted by Crippen LogP contribution is 2.30. The minimum absolute atomic E-state index is 0.0829. The molecule has 0 aliphatic carbocycles. The number of hydrogen-bond acceptors (Lipinski definition) is 4. The number of nitrogens with two attached hydrogens (primary N) is 1. The second kappa shape index (κ2) is 7.33. The summed E-state index contributed by atoms with van der Waals surface area (Å²) in [4.78, 5) is 11.3. The van der Waals surface area contributed by atoms with Gasteiger partial charge in [-0.2, -0.15) is 0 Å². The molecule has 1 aromatic carbocycles. The van der Waals surface area contributed by atoms with Crippen molar-refractivity contribution in [2.45, 2.75) is 18.4 Å². The first-order chi connectivity index (χ1) is 9.03. The highest BCUT2D eigenvalue weighted by molar-refractivity contribution is 6.30. The fraction of sp³-hybridized carbons (Fsp3) is 0.462. The third-order valence-electron chi connectivity index (χ3n) is 3.16. The molecule has 0 bridgehead atoms. The van der Waals surface area contributed by atoms with Crippen molar-refractivity contribution in [3.8, 4) is 0 Å². The van der Waals surface area contributed by atoms with E-state index < -0.39 is 11.9 Å². The minimum atomic E-state index is -0.485. The van der Waals surface area contributed by atoms with Crippen LogP contribution in [0.25, 0.3) is 0 Å². The lowest BCUT2D eigenvalue weighted by molar-refractivity contribution is -0.120. The van der Waals surface area contributed by atoms with E-state index in [0.717, 1.165) is 11.3 Å². The largest absolute Gasteiger partial charge is 0.396 e. The van der Waals surface area contributed by atoms with Gasteiger partial charge in [-0.05, 0) is 37.2 Å². The molecule has 5 N–H and O–H groups in total. The molecule has 0 radical (unpaired) electrons. The third-order valence-corrected chi connectivity index (χ3v) is 3.39. The van der Waals surface area contributed by atoms with E-state index in [0.29, 0.717) is 11.4 Å². The van der Waals surface area contributed by atoms with Crippen LogP contribution in [0.5, 0.6) is 0 Å². The van der Waals surface area contributed by atoms with Crippen LogP contribution in [0, 0.1) is 0 Å². The number of aliphatic hydroxyl groups is 1. The molecule has 0 aliphatic rings. The van der Waals surface area contributed by atoms with Crippen molar-refractivity contribution in [3.05, 3.63) is 28.8 Å². The normalized spacial score (nSPS) is 13.9. The van der Waals surface area contributed by atoms with Gasteiger partial charge in [-0.1, -0.05) is 11.6 Å². The number of hydrogen-bond donors (Lipinski definition) is 4. The van der Waals surface area contributed by atoms with Crippen LogP contribution in [0.3, 0.4) is 0 Å². The molecule has 1 aromatic rings. The lowest BCUT2D eigenvalue weighted by atomic mass is 9.91. The van der Waals surface area contributed by atoms with Crippen molar-refractivity contribution in [3.63, 3.8) is 0 Å². The summed E-state index contributed by atoms with van der Waals surface area (Å²) in [7, 11) is 3.46. The topological polar surface area (TPSA) is 87.4 Å². The van der Waals surface area contributed by atoms with Gasteiger partial charge in [0.05, 0.1) is 12.6 Å². The Hall–Kier alpha value is -1.30. The van der Waals surface area contributed by atoms with Crippen molar-refractivity contribution < 1.29 is 9.90 Å². The second-order valence-electron chi connectivity index (χ2n) is 4.34. The van der Waals surface area contributed by atoms with Gasteiger partial charge in [-0.15, -0.1) is 0 Å². The smallest absolute Gasteiger partial charge is 0.234 e.